The lowest BCUT2D eigenvalue weighted by Crippen LogP contribution is -2.24. The summed E-state index contributed by atoms with van der Waals surface area (Å²) in [6, 6.07) is 27.2. The SMILES string of the molecule is O=S(=O)(c1cccc(C(F)(F)F)c1)C1CC(c2ccc(Cl)cc2)Cc2ccc3c(ccc4ccccc43)c21. The van der Waals surface area contributed by atoms with Crippen molar-refractivity contribution in [3.8, 4) is 0 Å². The maximum atomic E-state index is 14.2. The highest BCUT2D eigenvalue weighted by molar-refractivity contribution is 7.91. The molecule has 0 heterocycles. The summed E-state index contributed by atoms with van der Waals surface area (Å²) in [4.78, 5) is -0.321. The molecule has 6 rings (SSSR count). The number of alkyl halides is 3. The highest BCUT2D eigenvalue weighted by Crippen LogP contribution is 2.48. The summed E-state index contributed by atoms with van der Waals surface area (Å²) in [7, 11) is -4.18. The lowest BCUT2D eigenvalue weighted by Gasteiger charge is -2.33. The molecule has 2 nitrogen and oxygen atoms in total. The van der Waals surface area contributed by atoms with Gasteiger partial charge in [-0.3, -0.25) is 0 Å². The molecule has 38 heavy (non-hydrogen) atoms. The van der Waals surface area contributed by atoms with Crippen LogP contribution in [0.4, 0.5) is 13.2 Å². The summed E-state index contributed by atoms with van der Waals surface area (Å²) in [5.74, 6) is -0.136. The van der Waals surface area contributed by atoms with Crippen molar-refractivity contribution in [2.45, 2.75) is 35.1 Å². The molecule has 0 radical (unpaired) electrons. The summed E-state index contributed by atoms with van der Waals surface area (Å²) >= 11 is 6.09. The molecule has 5 aromatic carbocycles. The van der Waals surface area contributed by atoms with E-state index in [0.717, 1.165) is 50.9 Å². The first-order chi connectivity index (χ1) is 18.1. The van der Waals surface area contributed by atoms with Crippen molar-refractivity contribution >= 4 is 43.0 Å². The van der Waals surface area contributed by atoms with Crippen LogP contribution in [0, 0.1) is 0 Å². The van der Waals surface area contributed by atoms with Crippen molar-refractivity contribution in [1.82, 2.24) is 0 Å². The first kappa shape index (κ1) is 25.0. The van der Waals surface area contributed by atoms with Crippen LogP contribution in [0.25, 0.3) is 21.5 Å². The van der Waals surface area contributed by atoms with Gasteiger partial charge in [-0.1, -0.05) is 78.3 Å². The van der Waals surface area contributed by atoms with E-state index in [1.807, 2.05) is 60.7 Å². The minimum absolute atomic E-state index is 0.136. The fraction of sp³-hybridized carbons (Fsp3) is 0.161. The molecule has 0 amide bonds. The average Bonchev–Trinajstić information content (AvgIpc) is 2.92. The second kappa shape index (κ2) is 9.14. The predicted octanol–water partition coefficient (Wildman–Crippen LogP) is 8.91. The highest BCUT2D eigenvalue weighted by atomic mass is 35.5. The Hall–Kier alpha value is -3.35. The summed E-state index contributed by atoms with van der Waals surface area (Å²) in [5, 5.41) is 3.35. The van der Waals surface area contributed by atoms with Gasteiger partial charge in [-0.25, -0.2) is 8.42 Å². The van der Waals surface area contributed by atoms with Gasteiger partial charge in [0.1, 0.15) is 0 Å². The van der Waals surface area contributed by atoms with Gasteiger partial charge >= 0.3 is 6.18 Å². The number of sulfone groups is 1. The molecule has 0 N–H and O–H groups in total. The molecule has 1 aliphatic rings. The van der Waals surface area contributed by atoms with Crippen LogP contribution < -0.4 is 0 Å². The van der Waals surface area contributed by atoms with Gasteiger partial charge in [0.05, 0.1) is 15.7 Å². The average molecular weight is 551 g/mol. The molecule has 192 valence electrons. The molecule has 0 bridgehead atoms. The predicted molar refractivity (Wildman–Crippen MR) is 145 cm³/mol. The Kier molecular flexibility index (Phi) is 6.00. The van der Waals surface area contributed by atoms with Gasteiger partial charge in [-0.05, 0) is 87.3 Å². The second-order valence-electron chi connectivity index (χ2n) is 9.77. The molecule has 2 atom stereocenters. The van der Waals surface area contributed by atoms with Gasteiger partial charge in [-0.15, -0.1) is 0 Å². The van der Waals surface area contributed by atoms with E-state index in [1.165, 1.54) is 6.07 Å². The van der Waals surface area contributed by atoms with Gasteiger partial charge in [0, 0.05) is 5.02 Å². The maximum absolute atomic E-state index is 14.2. The van der Waals surface area contributed by atoms with E-state index in [4.69, 9.17) is 11.6 Å². The minimum atomic E-state index is -4.65. The Labute approximate surface area is 223 Å². The molecule has 0 saturated carbocycles. The topological polar surface area (TPSA) is 34.1 Å². The van der Waals surface area contributed by atoms with Crippen molar-refractivity contribution in [3.63, 3.8) is 0 Å². The Morgan fingerprint density at radius 2 is 1.50 bits per heavy atom. The molecular weight excluding hydrogens is 529 g/mol. The van der Waals surface area contributed by atoms with E-state index in [9.17, 15) is 21.6 Å². The molecule has 2 unspecified atom stereocenters. The van der Waals surface area contributed by atoms with Gasteiger partial charge in [0.25, 0.3) is 0 Å². The Bertz CT molecular complexity index is 1790. The largest absolute Gasteiger partial charge is 0.416 e. The zero-order chi connectivity index (χ0) is 26.7. The third-order valence-electron chi connectivity index (χ3n) is 7.55. The second-order valence-corrected chi connectivity index (χ2v) is 12.3. The zero-order valence-corrected chi connectivity index (χ0v) is 21.6. The van der Waals surface area contributed by atoms with Crippen molar-refractivity contribution in [2.75, 3.05) is 0 Å². The van der Waals surface area contributed by atoms with E-state index in [-0.39, 0.29) is 17.2 Å². The molecule has 0 spiro atoms. The molecule has 7 heteroatoms. The third kappa shape index (κ3) is 4.26. The Morgan fingerprint density at radius 1 is 0.763 bits per heavy atom. The molecule has 1 aliphatic carbocycles. The fourth-order valence-electron chi connectivity index (χ4n) is 5.72. The number of fused-ring (bicyclic) bond motifs is 5. The number of hydrogen-bond donors (Lipinski definition) is 0. The van der Waals surface area contributed by atoms with Crippen molar-refractivity contribution < 1.29 is 21.6 Å². The van der Waals surface area contributed by atoms with Gasteiger partial charge in [0.2, 0.25) is 0 Å². The van der Waals surface area contributed by atoms with Crippen LogP contribution in [0.1, 0.15) is 39.8 Å². The van der Waals surface area contributed by atoms with Crippen LogP contribution in [0.3, 0.4) is 0 Å². The summed E-state index contributed by atoms with van der Waals surface area (Å²) in [6.07, 6.45) is -3.78. The van der Waals surface area contributed by atoms with E-state index in [0.29, 0.717) is 17.0 Å². The number of benzene rings is 5. The summed E-state index contributed by atoms with van der Waals surface area (Å²) in [5.41, 5.74) is 1.53. The van der Waals surface area contributed by atoms with Gasteiger partial charge in [-0.2, -0.15) is 13.2 Å². The molecule has 0 fully saturated rings. The van der Waals surface area contributed by atoms with Gasteiger partial charge < -0.3 is 0 Å². The first-order valence-electron chi connectivity index (χ1n) is 12.2. The van der Waals surface area contributed by atoms with E-state index in [1.54, 1.807) is 12.1 Å². The van der Waals surface area contributed by atoms with E-state index in [2.05, 4.69) is 0 Å². The normalized spacial score (nSPS) is 18.0. The Balaban J connectivity index is 1.58. The monoisotopic (exact) mass is 550 g/mol. The smallest absolute Gasteiger partial charge is 0.223 e. The van der Waals surface area contributed by atoms with Crippen molar-refractivity contribution in [2.24, 2.45) is 0 Å². The van der Waals surface area contributed by atoms with Gasteiger partial charge in [0.15, 0.2) is 9.84 Å². The summed E-state index contributed by atoms with van der Waals surface area (Å²) < 4.78 is 68.9. The molecular formula is C31H22ClF3O2S. The van der Waals surface area contributed by atoms with Crippen molar-refractivity contribution in [1.29, 1.82) is 0 Å². The number of rotatable bonds is 3. The minimum Gasteiger partial charge on any atom is -0.223 e. The summed E-state index contributed by atoms with van der Waals surface area (Å²) in [6.45, 7) is 0. The molecule has 5 aromatic rings. The lowest BCUT2D eigenvalue weighted by atomic mass is 9.78. The maximum Gasteiger partial charge on any atom is 0.416 e. The van der Waals surface area contributed by atoms with Crippen LogP contribution in [-0.4, -0.2) is 8.42 Å². The number of halogens is 4. The zero-order valence-electron chi connectivity index (χ0n) is 20.0. The quantitative estimate of drug-likeness (QED) is 0.210. The molecule has 0 saturated heterocycles. The van der Waals surface area contributed by atoms with Crippen LogP contribution in [0.15, 0.2) is 102 Å². The Morgan fingerprint density at radius 3 is 2.26 bits per heavy atom. The van der Waals surface area contributed by atoms with Crippen molar-refractivity contribution in [3.05, 3.63) is 124 Å². The standard InChI is InChI=1S/C31H22ClF3O2S/c32-24-12-8-19(9-13-24)22-16-21-11-14-27-26-7-2-1-4-20(26)10-15-28(27)30(21)29(17-22)38(36,37)25-6-3-5-23(18-25)31(33,34)35/h1-15,18,22,29H,16-17H2. The number of hydrogen-bond acceptors (Lipinski definition) is 2. The van der Waals surface area contributed by atoms with Crippen LogP contribution in [0.5, 0.6) is 0 Å². The van der Waals surface area contributed by atoms with E-state index >= 15 is 0 Å². The first-order valence-corrected chi connectivity index (χ1v) is 14.2. The van der Waals surface area contributed by atoms with Crippen LogP contribution in [-0.2, 0) is 22.4 Å². The molecule has 0 aliphatic heterocycles. The third-order valence-corrected chi connectivity index (χ3v) is 9.89. The highest BCUT2D eigenvalue weighted by Gasteiger charge is 2.40. The lowest BCUT2D eigenvalue weighted by molar-refractivity contribution is -0.137. The molecule has 0 aromatic heterocycles. The van der Waals surface area contributed by atoms with Crippen LogP contribution in [0.2, 0.25) is 5.02 Å². The van der Waals surface area contributed by atoms with E-state index < -0.39 is 26.8 Å². The fourth-order valence-corrected chi connectivity index (χ4v) is 7.81. The van der Waals surface area contributed by atoms with Crippen LogP contribution >= 0.6 is 11.6 Å².